The molecular formula is C13H27N. The molecule has 14 heavy (non-hydrogen) atoms. The van der Waals surface area contributed by atoms with Gasteiger partial charge in [-0.3, -0.25) is 0 Å². The van der Waals surface area contributed by atoms with Crippen LogP contribution in [0.5, 0.6) is 0 Å². The number of hydrogen-bond acceptors (Lipinski definition) is 1. The summed E-state index contributed by atoms with van der Waals surface area (Å²) < 4.78 is 0. The standard InChI is InChI=1S/C13H27N/c1-12-6-10-14(11-7-12)9-5-8-13(2,3)4/h12H,5-11H2,1-4H3. The highest BCUT2D eigenvalue weighted by atomic mass is 15.1. The van der Waals surface area contributed by atoms with Crippen LogP contribution in [0.2, 0.25) is 0 Å². The van der Waals surface area contributed by atoms with E-state index in [9.17, 15) is 0 Å². The lowest BCUT2D eigenvalue weighted by molar-refractivity contribution is 0.182. The quantitative estimate of drug-likeness (QED) is 0.669. The van der Waals surface area contributed by atoms with Gasteiger partial charge >= 0.3 is 0 Å². The van der Waals surface area contributed by atoms with E-state index < -0.39 is 0 Å². The summed E-state index contributed by atoms with van der Waals surface area (Å²) >= 11 is 0. The van der Waals surface area contributed by atoms with Crippen LogP contribution in [0.4, 0.5) is 0 Å². The predicted octanol–water partition coefficient (Wildman–Crippen LogP) is 3.54. The van der Waals surface area contributed by atoms with Gasteiger partial charge in [-0.15, -0.1) is 0 Å². The van der Waals surface area contributed by atoms with E-state index in [1.54, 1.807) is 0 Å². The molecule has 0 aromatic carbocycles. The molecular weight excluding hydrogens is 170 g/mol. The summed E-state index contributed by atoms with van der Waals surface area (Å²) in [4.78, 5) is 2.64. The monoisotopic (exact) mass is 197 g/mol. The fourth-order valence-corrected chi connectivity index (χ4v) is 2.12. The van der Waals surface area contributed by atoms with Crippen molar-refractivity contribution < 1.29 is 0 Å². The maximum atomic E-state index is 2.64. The lowest BCUT2D eigenvalue weighted by Crippen LogP contribution is -2.33. The molecule has 1 heterocycles. The lowest BCUT2D eigenvalue weighted by atomic mass is 9.90. The zero-order valence-corrected chi connectivity index (χ0v) is 10.5. The average molecular weight is 197 g/mol. The summed E-state index contributed by atoms with van der Waals surface area (Å²) in [5, 5.41) is 0. The van der Waals surface area contributed by atoms with Gasteiger partial charge in [-0.2, -0.15) is 0 Å². The van der Waals surface area contributed by atoms with E-state index in [4.69, 9.17) is 0 Å². The first-order valence-corrected chi connectivity index (χ1v) is 6.20. The van der Waals surface area contributed by atoms with E-state index in [-0.39, 0.29) is 0 Å². The Labute approximate surface area is 89.9 Å². The minimum Gasteiger partial charge on any atom is -0.303 e. The molecule has 1 nitrogen and oxygen atoms in total. The first kappa shape index (κ1) is 12.0. The van der Waals surface area contributed by atoms with Crippen molar-refractivity contribution in [2.45, 2.75) is 53.4 Å². The molecule has 0 atom stereocenters. The molecule has 0 aromatic heterocycles. The number of hydrogen-bond donors (Lipinski definition) is 0. The highest BCUT2D eigenvalue weighted by Gasteiger charge is 2.16. The minimum absolute atomic E-state index is 0.517. The van der Waals surface area contributed by atoms with Gasteiger partial charge in [0.2, 0.25) is 0 Å². The first-order chi connectivity index (χ1) is 6.47. The van der Waals surface area contributed by atoms with Crippen molar-refractivity contribution in [3.05, 3.63) is 0 Å². The molecule has 84 valence electrons. The second-order valence-electron chi connectivity index (χ2n) is 6.19. The summed E-state index contributed by atoms with van der Waals surface area (Å²) in [5.74, 6) is 0.967. The number of piperidine rings is 1. The van der Waals surface area contributed by atoms with Crippen molar-refractivity contribution >= 4 is 0 Å². The smallest absolute Gasteiger partial charge is 0.00162 e. The fraction of sp³-hybridized carbons (Fsp3) is 1.00. The van der Waals surface area contributed by atoms with Crippen LogP contribution in [-0.2, 0) is 0 Å². The Kier molecular flexibility index (Phi) is 4.43. The maximum absolute atomic E-state index is 2.64. The van der Waals surface area contributed by atoms with Crippen LogP contribution in [0.1, 0.15) is 53.4 Å². The summed E-state index contributed by atoms with van der Waals surface area (Å²) in [6.45, 7) is 13.4. The highest BCUT2D eigenvalue weighted by molar-refractivity contribution is 4.70. The Morgan fingerprint density at radius 3 is 2.21 bits per heavy atom. The van der Waals surface area contributed by atoms with E-state index in [2.05, 4.69) is 32.6 Å². The van der Waals surface area contributed by atoms with E-state index in [0.717, 1.165) is 5.92 Å². The molecule has 1 aliphatic heterocycles. The average Bonchev–Trinajstić information content (AvgIpc) is 2.06. The Morgan fingerprint density at radius 1 is 1.14 bits per heavy atom. The Morgan fingerprint density at radius 2 is 1.71 bits per heavy atom. The summed E-state index contributed by atoms with van der Waals surface area (Å²) in [5.41, 5.74) is 0.517. The molecule has 1 saturated heterocycles. The topological polar surface area (TPSA) is 3.24 Å². The molecule has 1 aliphatic rings. The van der Waals surface area contributed by atoms with Gasteiger partial charge in [0, 0.05) is 0 Å². The molecule has 0 spiro atoms. The van der Waals surface area contributed by atoms with Gasteiger partial charge in [0.15, 0.2) is 0 Å². The lowest BCUT2D eigenvalue weighted by Gasteiger charge is -2.31. The minimum atomic E-state index is 0.517. The molecule has 0 amide bonds. The molecule has 1 heteroatoms. The normalized spacial score (nSPS) is 21.4. The molecule has 1 rings (SSSR count). The van der Waals surface area contributed by atoms with Gasteiger partial charge in [0.1, 0.15) is 0 Å². The molecule has 0 aromatic rings. The van der Waals surface area contributed by atoms with E-state index >= 15 is 0 Å². The number of likely N-dealkylation sites (tertiary alicyclic amines) is 1. The summed E-state index contributed by atoms with van der Waals surface area (Å²) in [6.07, 6.45) is 5.56. The SMILES string of the molecule is CC1CCN(CCCC(C)(C)C)CC1. The van der Waals surface area contributed by atoms with Crippen LogP contribution in [0, 0.1) is 11.3 Å². The van der Waals surface area contributed by atoms with E-state index in [1.165, 1.54) is 45.3 Å². The molecule has 1 fully saturated rings. The number of nitrogens with zero attached hydrogens (tertiary/aromatic N) is 1. The van der Waals surface area contributed by atoms with E-state index in [1.807, 2.05) is 0 Å². The second kappa shape index (κ2) is 5.16. The molecule has 0 aliphatic carbocycles. The van der Waals surface area contributed by atoms with Crippen LogP contribution in [0.3, 0.4) is 0 Å². The largest absolute Gasteiger partial charge is 0.303 e. The van der Waals surface area contributed by atoms with Crippen molar-refractivity contribution in [3.63, 3.8) is 0 Å². The Balaban J connectivity index is 2.08. The van der Waals surface area contributed by atoms with Crippen LogP contribution in [-0.4, -0.2) is 24.5 Å². The molecule has 0 bridgehead atoms. The summed E-state index contributed by atoms with van der Waals surface area (Å²) in [6, 6.07) is 0. The Hall–Kier alpha value is -0.0400. The van der Waals surface area contributed by atoms with Gasteiger partial charge in [0.25, 0.3) is 0 Å². The van der Waals surface area contributed by atoms with Crippen molar-refractivity contribution in [2.75, 3.05) is 19.6 Å². The maximum Gasteiger partial charge on any atom is -0.00162 e. The van der Waals surface area contributed by atoms with Crippen LogP contribution in [0.25, 0.3) is 0 Å². The third kappa shape index (κ3) is 4.99. The number of rotatable bonds is 3. The second-order valence-corrected chi connectivity index (χ2v) is 6.19. The van der Waals surface area contributed by atoms with Crippen molar-refractivity contribution in [3.8, 4) is 0 Å². The van der Waals surface area contributed by atoms with E-state index in [0.29, 0.717) is 5.41 Å². The first-order valence-electron chi connectivity index (χ1n) is 6.20. The van der Waals surface area contributed by atoms with Crippen LogP contribution in [0.15, 0.2) is 0 Å². The third-order valence-corrected chi connectivity index (χ3v) is 3.28. The molecule has 0 radical (unpaired) electrons. The highest BCUT2D eigenvalue weighted by Crippen LogP contribution is 2.22. The van der Waals surface area contributed by atoms with Gasteiger partial charge in [-0.05, 0) is 56.7 Å². The van der Waals surface area contributed by atoms with Gasteiger partial charge < -0.3 is 4.90 Å². The fourth-order valence-electron chi connectivity index (χ4n) is 2.12. The van der Waals surface area contributed by atoms with Crippen LogP contribution >= 0.6 is 0 Å². The third-order valence-electron chi connectivity index (χ3n) is 3.28. The van der Waals surface area contributed by atoms with Crippen molar-refractivity contribution in [1.29, 1.82) is 0 Å². The van der Waals surface area contributed by atoms with Gasteiger partial charge in [-0.25, -0.2) is 0 Å². The zero-order chi connectivity index (χ0) is 10.6. The van der Waals surface area contributed by atoms with Crippen molar-refractivity contribution in [2.24, 2.45) is 11.3 Å². The zero-order valence-electron chi connectivity index (χ0n) is 10.5. The molecule has 0 saturated carbocycles. The van der Waals surface area contributed by atoms with Crippen molar-refractivity contribution in [1.82, 2.24) is 4.90 Å². The van der Waals surface area contributed by atoms with Crippen LogP contribution < -0.4 is 0 Å². The molecule has 0 unspecified atom stereocenters. The predicted molar refractivity (Wildman–Crippen MR) is 63.5 cm³/mol. The Bertz CT molecular complexity index is 149. The van der Waals surface area contributed by atoms with Gasteiger partial charge in [-0.1, -0.05) is 27.7 Å². The van der Waals surface area contributed by atoms with Gasteiger partial charge in [0.05, 0.1) is 0 Å². The summed E-state index contributed by atoms with van der Waals surface area (Å²) in [7, 11) is 0. The molecule has 0 N–H and O–H groups in total.